The summed E-state index contributed by atoms with van der Waals surface area (Å²) in [4.78, 5) is 37.9. The average Bonchev–Trinajstić information content (AvgIpc) is 3.19. The fourth-order valence-corrected chi connectivity index (χ4v) is 4.81. The third kappa shape index (κ3) is 13.0. The van der Waals surface area contributed by atoms with E-state index in [4.69, 9.17) is 0 Å². The van der Waals surface area contributed by atoms with Crippen LogP contribution in [-0.2, 0) is 40.8 Å². The third-order valence-electron chi connectivity index (χ3n) is 7.32. The molecule has 0 fully saturated rings. The number of hydrogen-bond acceptors (Lipinski definition) is 10. The van der Waals surface area contributed by atoms with E-state index < -0.39 is 23.4 Å². The molecule has 55 heavy (non-hydrogen) atoms. The summed E-state index contributed by atoms with van der Waals surface area (Å²) < 4.78 is 0. The number of pyridine rings is 4. The van der Waals surface area contributed by atoms with Gasteiger partial charge in [-0.3, -0.25) is 19.9 Å². The molecule has 8 rings (SSSR count). The average molecular weight is 916 g/mol. The fraction of sp³-hybridized carbons (Fsp3) is 0. The van der Waals surface area contributed by atoms with Crippen molar-refractivity contribution in [2.75, 3.05) is 0 Å². The van der Waals surface area contributed by atoms with E-state index in [0.717, 1.165) is 44.3 Å². The second-order valence-corrected chi connectivity index (χ2v) is 10.8. The zero-order chi connectivity index (χ0) is 36.7. The minimum atomic E-state index is -1.43. The van der Waals surface area contributed by atoms with Gasteiger partial charge >= 0.3 is 40.8 Å². The molecular formula is C42H30N4O7Pd2. The van der Waals surface area contributed by atoms with Crippen LogP contribution in [0.5, 0.6) is 11.5 Å². The summed E-state index contributed by atoms with van der Waals surface area (Å²) in [7, 11) is 0. The molecule has 280 valence electrons. The van der Waals surface area contributed by atoms with Crippen molar-refractivity contribution < 1.29 is 76.3 Å². The number of benzene rings is 4. The van der Waals surface area contributed by atoms with Gasteiger partial charge in [0.15, 0.2) is 0 Å². The van der Waals surface area contributed by atoms with Crippen molar-refractivity contribution in [1.29, 1.82) is 0 Å². The Bertz CT molecular complexity index is 2150. The van der Waals surface area contributed by atoms with Crippen LogP contribution in [0.3, 0.4) is 0 Å². The molecule has 0 unspecified atom stereocenters. The van der Waals surface area contributed by atoms with Crippen LogP contribution in [0.15, 0.2) is 170 Å². The SMILES string of the molecule is O.O=C([O-])c1cc2ccccc2cc1[O-].O=C([O-])c1cc2ccccc2cc1[O-].[Pd+2].[Pd+2].c1ccc(-c2ccccn2)nc1.c1ccc(-c2ccccn2)nc1. The van der Waals surface area contributed by atoms with E-state index in [-0.39, 0.29) is 57.4 Å². The Morgan fingerprint density at radius 2 is 0.618 bits per heavy atom. The molecule has 0 spiro atoms. The van der Waals surface area contributed by atoms with Gasteiger partial charge in [-0.2, -0.15) is 0 Å². The van der Waals surface area contributed by atoms with Gasteiger partial charge in [0, 0.05) is 24.8 Å². The molecule has 4 heterocycles. The first kappa shape index (κ1) is 45.0. The predicted octanol–water partition coefficient (Wildman–Crippen LogP) is 4.01. The smallest absolute Gasteiger partial charge is 0.872 e. The maximum absolute atomic E-state index is 11.3. The molecule has 0 aliphatic carbocycles. The van der Waals surface area contributed by atoms with E-state index >= 15 is 0 Å². The maximum atomic E-state index is 11.3. The van der Waals surface area contributed by atoms with Crippen LogP contribution in [0.4, 0.5) is 0 Å². The summed E-state index contributed by atoms with van der Waals surface area (Å²) >= 11 is 0. The largest absolute Gasteiger partial charge is 2.00 e. The summed E-state index contributed by atoms with van der Waals surface area (Å²) in [5.74, 6) is -3.88. The van der Waals surface area contributed by atoms with Crippen molar-refractivity contribution in [3.63, 3.8) is 0 Å². The Morgan fingerprint density at radius 1 is 0.382 bits per heavy atom. The van der Waals surface area contributed by atoms with Crippen LogP contribution in [-0.4, -0.2) is 37.4 Å². The van der Waals surface area contributed by atoms with Crippen molar-refractivity contribution in [3.8, 4) is 34.3 Å². The fourth-order valence-electron chi connectivity index (χ4n) is 4.81. The second kappa shape index (κ2) is 22.8. The number of aromatic carboxylic acids is 2. The summed E-state index contributed by atoms with van der Waals surface area (Å²) in [5.41, 5.74) is 3.08. The van der Waals surface area contributed by atoms with Crippen LogP contribution >= 0.6 is 0 Å². The van der Waals surface area contributed by atoms with E-state index in [1.165, 1.54) is 24.3 Å². The number of rotatable bonds is 4. The Labute approximate surface area is 343 Å². The number of nitrogens with zero attached hydrogens (tertiary/aromatic N) is 4. The first-order chi connectivity index (χ1) is 25.3. The van der Waals surface area contributed by atoms with E-state index in [9.17, 15) is 30.0 Å². The zero-order valence-electron chi connectivity index (χ0n) is 28.5. The molecule has 8 aromatic rings. The number of aromatic nitrogens is 4. The normalized spacial score (nSPS) is 9.45. The topological polar surface area (TPSA) is 209 Å². The number of hydrogen-bond donors (Lipinski definition) is 0. The summed E-state index contributed by atoms with van der Waals surface area (Å²) in [6, 6.07) is 42.7. The van der Waals surface area contributed by atoms with E-state index in [1.807, 2.05) is 72.8 Å². The Hall–Kier alpha value is -6.18. The number of fused-ring (bicyclic) bond motifs is 2. The number of carboxylic acids is 2. The van der Waals surface area contributed by atoms with Crippen molar-refractivity contribution in [2.45, 2.75) is 0 Å². The molecule has 0 aliphatic heterocycles. The summed E-state index contributed by atoms with van der Waals surface area (Å²) in [6.07, 6.45) is 7.07. The van der Waals surface area contributed by atoms with Gasteiger partial charge in [0.2, 0.25) is 0 Å². The van der Waals surface area contributed by atoms with Gasteiger partial charge in [-0.25, -0.2) is 0 Å². The van der Waals surface area contributed by atoms with Gasteiger partial charge in [0.1, 0.15) is 0 Å². The monoisotopic (exact) mass is 914 g/mol. The number of carbonyl (C=O) groups is 2. The van der Waals surface area contributed by atoms with Crippen LogP contribution in [0, 0.1) is 0 Å². The van der Waals surface area contributed by atoms with E-state index in [0.29, 0.717) is 0 Å². The van der Waals surface area contributed by atoms with Crippen molar-refractivity contribution in [2.24, 2.45) is 0 Å². The van der Waals surface area contributed by atoms with E-state index in [2.05, 4.69) is 19.9 Å². The van der Waals surface area contributed by atoms with Gasteiger partial charge in [-0.1, -0.05) is 96.4 Å². The van der Waals surface area contributed by atoms with Crippen LogP contribution in [0.2, 0.25) is 0 Å². The first-order valence-corrected chi connectivity index (χ1v) is 15.8. The minimum Gasteiger partial charge on any atom is -0.872 e. The molecule has 0 amide bonds. The molecule has 0 saturated heterocycles. The number of carboxylic acid groups (broad SMARTS) is 2. The second-order valence-electron chi connectivity index (χ2n) is 10.8. The van der Waals surface area contributed by atoms with Gasteiger partial charge in [0.25, 0.3) is 0 Å². The predicted molar refractivity (Wildman–Crippen MR) is 194 cm³/mol. The standard InChI is InChI=1S/2C11H8O3.2C10H8N2.H2O.2Pd/c2*12-10-6-8-4-2-1-3-7(8)5-9(10)11(13)14;2*1-3-7-11-9(5-1)10-6-2-4-8-12-10;;;/h2*1-6,12H,(H,13,14);2*1-8H;1H2;;/q;;;;;2*+2/p-4. The summed E-state index contributed by atoms with van der Waals surface area (Å²) in [6.45, 7) is 0. The Kier molecular flexibility index (Phi) is 18.6. The van der Waals surface area contributed by atoms with Crippen LogP contribution < -0.4 is 20.4 Å². The van der Waals surface area contributed by atoms with Gasteiger partial charge in [0.05, 0.1) is 34.7 Å². The molecule has 13 heteroatoms. The zero-order valence-corrected chi connectivity index (χ0v) is 31.6. The number of carbonyl (C=O) groups excluding carboxylic acids is 2. The van der Waals surface area contributed by atoms with Crippen LogP contribution in [0.1, 0.15) is 20.7 Å². The van der Waals surface area contributed by atoms with Crippen LogP contribution in [0.25, 0.3) is 44.3 Å². The van der Waals surface area contributed by atoms with Gasteiger partial charge in [-0.05, 0) is 93.3 Å². The minimum absolute atomic E-state index is 0. The van der Waals surface area contributed by atoms with Crippen molar-refractivity contribution in [3.05, 3.63) is 182 Å². The molecule has 0 aliphatic rings. The molecule has 0 radical (unpaired) electrons. The molecule has 2 N–H and O–H groups in total. The van der Waals surface area contributed by atoms with E-state index in [1.54, 1.807) is 73.3 Å². The third-order valence-corrected chi connectivity index (χ3v) is 7.32. The molecule has 4 aromatic carbocycles. The summed E-state index contributed by atoms with van der Waals surface area (Å²) in [5, 5.41) is 46.5. The maximum Gasteiger partial charge on any atom is 2.00 e. The van der Waals surface area contributed by atoms with Crippen molar-refractivity contribution >= 4 is 33.5 Å². The molecule has 11 nitrogen and oxygen atoms in total. The molecule has 0 saturated carbocycles. The molecule has 0 atom stereocenters. The first-order valence-electron chi connectivity index (χ1n) is 15.8. The molecule has 4 aromatic heterocycles. The Morgan fingerprint density at radius 3 is 0.836 bits per heavy atom. The van der Waals surface area contributed by atoms with Gasteiger partial charge in [-0.15, -0.1) is 0 Å². The molecular weight excluding hydrogens is 885 g/mol. The quantitative estimate of drug-likeness (QED) is 0.232. The Balaban J connectivity index is 0.000000249. The van der Waals surface area contributed by atoms with Gasteiger partial charge < -0.3 is 35.5 Å². The molecule has 0 bridgehead atoms. The van der Waals surface area contributed by atoms with Crippen molar-refractivity contribution in [1.82, 2.24) is 19.9 Å².